The van der Waals surface area contributed by atoms with Gasteiger partial charge in [0.15, 0.2) is 5.75 Å². The minimum atomic E-state index is -0.0798. The smallest absolute Gasteiger partial charge is 0.225 e. The Kier molecular flexibility index (Phi) is 5.86. The lowest BCUT2D eigenvalue weighted by Crippen LogP contribution is -2.15. The number of halogens is 2. The van der Waals surface area contributed by atoms with Crippen molar-refractivity contribution in [2.75, 3.05) is 12.4 Å². The number of rotatable bonds is 5. The van der Waals surface area contributed by atoms with Crippen LogP contribution in [0.25, 0.3) is 0 Å². The molecule has 2 aromatic carbocycles. The third kappa shape index (κ3) is 4.24. The Morgan fingerprint density at radius 2 is 2.00 bits per heavy atom. The Bertz CT molecular complexity index is 661. The zero-order valence-corrected chi connectivity index (χ0v) is 14.7. The van der Waals surface area contributed by atoms with Crippen LogP contribution < -0.4 is 10.1 Å². The van der Waals surface area contributed by atoms with Crippen molar-refractivity contribution in [1.29, 1.82) is 0 Å². The summed E-state index contributed by atoms with van der Waals surface area (Å²) in [5, 5.41) is 3.39. The average Bonchev–Trinajstić information content (AvgIpc) is 2.47. The van der Waals surface area contributed by atoms with E-state index in [9.17, 15) is 4.79 Å². The Hall–Kier alpha value is -1.52. The van der Waals surface area contributed by atoms with E-state index in [0.717, 1.165) is 5.56 Å². The molecule has 1 unspecified atom stereocenters. The number of amides is 1. The van der Waals surface area contributed by atoms with Crippen LogP contribution in [0.1, 0.15) is 24.8 Å². The van der Waals surface area contributed by atoms with Gasteiger partial charge in [-0.25, -0.2) is 0 Å². The number of carbonyl (C=O) groups excluding carboxylic acids is 1. The SMILES string of the molecule is COc1c(Br)cc(Cl)cc1NC(=O)CC(C)c1ccccc1. The van der Waals surface area contributed by atoms with Crippen molar-refractivity contribution < 1.29 is 9.53 Å². The zero-order valence-electron chi connectivity index (χ0n) is 12.4. The molecule has 1 amide bonds. The predicted octanol–water partition coefficient (Wildman–Crippen LogP) is 5.24. The van der Waals surface area contributed by atoms with Crippen molar-refractivity contribution in [1.82, 2.24) is 0 Å². The van der Waals surface area contributed by atoms with Crippen LogP contribution >= 0.6 is 27.5 Å². The molecule has 3 nitrogen and oxygen atoms in total. The van der Waals surface area contributed by atoms with Gasteiger partial charge in [-0.15, -0.1) is 0 Å². The topological polar surface area (TPSA) is 38.3 Å². The highest BCUT2D eigenvalue weighted by Crippen LogP contribution is 2.36. The molecule has 0 aromatic heterocycles. The van der Waals surface area contributed by atoms with Crippen molar-refractivity contribution >= 4 is 39.1 Å². The molecule has 0 heterocycles. The normalized spacial score (nSPS) is 11.8. The summed E-state index contributed by atoms with van der Waals surface area (Å²) in [5.41, 5.74) is 1.70. The van der Waals surface area contributed by atoms with Gasteiger partial charge in [-0.1, -0.05) is 48.9 Å². The molecule has 0 fully saturated rings. The summed E-state index contributed by atoms with van der Waals surface area (Å²) in [7, 11) is 1.55. The molecule has 0 saturated heterocycles. The fourth-order valence-electron chi connectivity index (χ4n) is 2.24. The Balaban J connectivity index is 2.09. The largest absolute Gasteiger partial charge is 0.493 e. The minimum Gasteiger partial charge on any atom is -0.493 e. The standard InChI is InChI=1S/C17H17BrClNO2/c1-11(12-6-4-3-5-7-12)8-16(21)20-15-10-13(19)9-14(18)17(15)22-2/h3-7,9-11H,8H2,1-2H3,(H,20,21). The molecule has 116 valence electrons. The van der Waals surface area contributed by atoms with E-state index in [1.54, 1.807) is 19.2 Å². The van der Waals surface area contributed by atoms with Crippen molar-refractivity contribution in [2.24, 2.45) is 0 Å². The molecular formula is C17H17BrClNO2. The van der Waals surface area contributed by atoms with Crippen LogP contribution in [0, 0.1) is 0 Å². The molecule has 0 saturated carbocycles. The van der Waals surface area contributed by atoms with Crippen LogP contribution in [0.3, 0.4) is 0 Å². The maximum Gasteiger partial charge on any atom is 0.225 e. The van der Waals surface area contributed by atoms with Gasteiger partial charge in [0.2, 0.25) is 5.91 Å². The molecule has 0 aliphatic rings. The molecule has 0 bridgehead atoms. The lowest BCUT2D eigenvalue weighted by Gasteiger charge is -2.15. The minimum absolute atomic E-state index is 0.0798. The Morgan fingerprint density at radius 1 is 1.32 bits per heavy atom. The summed E-state index contributed by atoms with van der Waals surface area (Å²) in [6.45, 7) is 2.03. The molecule has 0 spiro atoms. The number of ether oxygens (including phenoxy) is 1. The number of nitrogens with one attached hydrogen (secondary N) is 1. The second-order valence-electron chi connectivity index (χ2n) is 5.03. The highest BCUT2D eigenvalue weighted by Gasteiger charge is 2.15. The molecular weight excluding hydrogens is 366 g/mol. The molecule has 1 N–H and O–H groups in total. The second kappa shape index (κ2) is 7.65. The van der Waals surface area contributed by atoms with Crippen molar-refractivity contribution in [2.45, 2.75) is 19.3 Å². The lowest BCUT2D eigenvalue weighted by molar-refractivity contribution is -0.116. The summed E-state index contributed by atoms with van der Waals surface area (Å²) < 4.78 is 6.00. The zero-order chi connectivity index (χ0) is 16.1. The maximum absolute atomic E-state index is 12.3. The van der Waals surface area contributed by atoms with Crippen LogP contribution in [0.4, 0.5) is 5.69 Å². The van der Waals surface area contributed by atoms with E-state index in [4.69, 9.17) is 16.3 Å². The summed E-state index contributed by atoms with van der Waals surface area (Å²) >= 11 is 9.40. The number of anilines is 1. The van der Waals surface area contributed by atoms with E-state index < -0.39 is 0 Å². The summed E-state index contributed by atoms with van der Waals surface area (Å²) in [5.74, 6) is 0.615. The van der Waals surface area contributed by atoms with Gasteiger partial charge in [0.1, 0.15) is 0 Å². The molecule has 0 aliphatic carbocycles. The van der Waals surface area contributed by atoms with Gasteiger partial charge in [0.25, 0.3) is 0 Å². The maximum atomic E-state index is 12.3. The summed E-state index contributed by atoms with van der Waals surface area (Å²) in [4.78, 5) is 12.3. The second-order valence-corrected chi connectivity index (χ2v) is 6.32. The molecule has 2 aromatic rings. The predicted molar refractivity (Wildman–Crippen MR) is 93.8 cm³/mol. The van der Waals surface area contributed by atoms with Gasteiger partial charge < -0.3 is 10.1 Å². The van der Waals surface area contributed by atoms with Crippen molar-refractivity contribution in [3.05, 3.63) is 57.5 Å². The lowest BCUT2D eigenvalue weighted by atomic mass is 9.97. The van der Waals surface area contributed by atoms with Crippen LogP contribution in [-0.4, -0.2) is 13.0 Å². The Morgan fingerprint density at radius 3 is 2.64 bits per heavy atom. The fraction of sp³-hybridized carbons (Fsp3) is 0.235. The van der Waals surface area contributed by atoms with Gasteiger partial charge in [-0.3, -0.25) is 4.79 Å². The highest BCUT2D eigenvalue weighted by atomic mass is 79.9. The van der Waals surface area contributed by atoms with E-state index in [1.807, 2.05) is 37.3 Å². The molecule has 0 aliphatic heterocycles. The van der Waals surface area contributed by atoms with Gasteiger partial charge in [-0.2, -0.15) is 0 Å². The molecule has 1 atom stereocenters. The number of carbonyl (C=O) groups is 1. The van der Waals surface area contributed by atoms with Gasteiger partial charge in [0.05, 0.1) is 17.3 Å². The van der Waals surface area contributed by atoms with E-state index in [-0.39, 0.29) is 11.8 Å². The molecule has 0 radical (unpaired) electrons. The highest BCUT2D eigenvalue weighted by molar-refractivity contribution is 9.10. The number of hydrogen-bond acceptors (Lipinski definition) is 2. The third-order valence-corrected chi connectivity index (χ3v) is 4.15. The molecule has 2 rings (SSSR count). The van der Waals surface area contributed by atoms with E-state index in [1.165, 1.54) is 0 Å². The quantitative estimate of drug-likeness (QED) is 0.767. The Labute approximate surface area is 143 Å². The van der Waals surface area contributed by atoms with E-state index >= 15 is 0 Å². The van der Waals surface area contributed by atoms with Gasteiger partial charge in [0, 0.05) is 11.4 Å². The molecule has 5 heteroatoms. The van der Waals surface area contributed by atoms with E-state index in [2.05, 4.69) is 21.2 Å². The van der Waals surface area contributed by atoms with Gasteiger partial charge in [-0.05, 0) is 39.5 Å². The molecule has 22 heavy (non-hydrogen) atoms. The first-order valence-corrected chi connectivity index (χ1v) is 8.06. The first-order chi connectivity index (χ1) is 10.5. The van der Waals surface area contributed by atoms with Crippen LogP contribution in [0.2, 0.25) is 5.02 Å². The number of hydrogen-bond donors (Lipinski definition) is 1. The average molecular weight is 383 g/mol. The van der Waals surface area contributed by atoms with E-state index in [0.29, 0.717) is 27.4 Å². The first-order valence-electron chi connectivity index (χ1n) is 6.89. The van der Waals surface area contributed by atoms with Crippen LogP contribution in [0.5, 0.6) is 5.75 Å². The first kappa shape index (κ1) is 16.8. The fourth-order valence-corrected chi connectivity index (χ4v) is 3.21. The van der Waals surface area contributed by atoms with Gasteiger partial charge >= 0.3 is 0 Å². The summed E-state index contributed by atoms with van der Waals surface area (Å²) in [6, 6.07) is 13.4. The third-order valence-electron chi connectivity index (χ3n) is 3.35. The van der Waals surface area contributed by atoms with Crippen molar-refractivity contribution in [3.63, 3.8) is 0 Å². The summed E-state index contributed by atoms with van der Waals surface area (Å²) in [6.07, 6.45) is 0.386. The number of benzene rings is 2. The van der Waals surface area contributed by atoms with Crippen molar-refractivity contribution in [3.8, 4) is 5.75 Å². The van der Waals surface area contributed by atoms with Crippen LogP contribution in [0.15, 0.2) is 46.9 Å². The monoisotopic (exact) mass is 381 g/mol. The van der Waals surface area contributed by atoms with Crippen LogP contribution in [-0.2, 0) is 4.79 Å². The number of methoxy groups -OCH3 is 1.